The molecule has 0 spiro atoms. The molecule has 5 atom stereocenters. The second-order valence-corrected chi connectivity index (χ2v) is 9.54. The summed E-state index contributed by atoms with van der Waals surface area (Å²) in [5, 5.41) is 40.9. The number of hydrogen-bond donors (Lipinski definition) is 4. The number of ether oxygens (including phenoxy) is 1. The summed E-state index contributed by atoms with van der Waals surface area (Å²) >= 11 is 0. The Morgan fingerprint density at radius 2 is 1.53 bits per heavy atom. The molecule has 4 N–H and O–H groups in total. The first-order chi connectivity index (χ1) is 17.6. The number of aliphatic hydroxyl groups is 4. The van der Waals surface area contributed by atoms with Gasteiger partial charge in [0.25, 0.3) is 0 Å². The quantitative estimate of drug-likeness (QED) is 0.145. The van der Waals surface area contributed by atoms with E-state index in [1.807, 2.05) is 18.5 Å². The highest BCUT2D eigenvalue weighted by atomic mass is 16.7. The Morgan fingerprint density at radius 1 is 0.889 bits per heavy atom. The molecule has 36 heavy (non-hydrogen) atoms. The Balaban J connectivity index is 1.43. The molecule has 0 bridgehead atoms. The van der Waals surface area contributed by atoms with Crippen molar-refractivity contribution in [2.75, 3.05) is 20.3 Å². The first kappa shape index (κ1) is 30.7. The minimum Gasteiger partial charge on any atom is -0.394 e. The lowest BCUT2D eigenvalue weighted by Gasteiger charge is -2.43. The zero-order chi connectivity index (χ0) is 26.0. The van der Waals surface area contributed by atoms with Crippen LogP contribution >= 0.6 is 0 Å². The lowest BCUT2D eigenvalue weighted by molar-refractivity contribution is -0.328. The maximum atomic E-state index is 10.2. The van der Waals surface area contributed by atoms with Gasteiger partial charge in [0.05, 0.1) is 13.7 Å². The summed E-state index contributed by atoms with van der Waals surface area (Å²) in [4.78, 5) is 9.48. The van der Waals surface area contributed by atoms with Crippen molar-refractivity contribution in [3.63, 3.8) is 0 Å². The van der Waals surface area contributed by atoms with Crippen molar-refractivity contribution in [2.45, 2.75) is 114 Å². The highest BCUT2D eigenvalue weighted by Crippen LogP contribution is 2.24. The van der Waals surface area contributed by atoms with Gasteiger partial charge in [0.15, 0.2) is 6.23 Å². The predicted octanol–water partition coefficient (Wildman–Crippen LogP) is 2.97. The van der Waals surface area contributed by atoms with Gasteiger partial charge in [-0.25, -0.2) is 0 Å². The number of unbranched alkanes of at least 4 members (excludes halogenated alkanes) is 10. The normalized spacial score (nSPS) is 24.0. The first-order valence-electron chi connectivity index (χ1n) is 13.5. The third kappa shape index (κ3) is 11.2. The van der Waals surface area contributed by atoms with E-state index in [4.69, 9.17) is 9.57 Å². The Labute approximate surface area is 216 Å². The largest absolute Gasteiger partial charge is 0.394 e. The molecule has 0 aliphatic carbocycles. The number of pyridine rings is 1. The minimum atomic E-state index is -1.40. The summed E-state index contributed by atoms with van der Waals surface area (Å²) < 4.78 is 5.55. The highest BCUT2D eigenvalue weighted by Gasteiger charge is 2.45. The smallest absolute Gasteiger partial charge is 0.162 e. The van der Waals surface area contributed by atoms with E-state index in [1.165, 1.54) is 49.8 Å². The van der Waals surface area contributed by atoms with E-state index in [-0.39, 0.29) is 0 Å². The number of nitrogens with zero attached hydrogens (tertiary/aromatic N) is 2. The number of hydroxylamine groups is 2. The average molecular weight is 507 g/mol. The monoisotopic (exact) mass is 506 g/mol. The Bertz CT molecular complexity index is 739. The van der Waals surface area contributed by atoms with Crippen molar-refractivity contribution < 1.29 is 30.0 Å². The van der Waals surface area contributed by atoms with Gasteiger partial charge in [-0.1, -0.05) is 44.6 Å². The molecule has 2 heterocycles. The second-order valence-electron chi connectivity index (χ2n) is 9.54. The van der Waals surface area contributed by atoms with Gasteiger partial charge in [-0.2, -0.15) is 5.06 Å². The maximum absolute atomic E-state index is 10.2. The van der Waals surface area contributed by atoms with Gasteiger partial charge in [0, 0.05) is 31.8 Å². The average Bonchev–Trinajstić information content (AvgIpc) is 2.90. The standard InChI is InChI=1S/C28H46N2O6/c1-35-30(28-27(34)26(33)25(32)24(22-31)36-28)20-15-13-11-9-7-5-3-2-4-6-8-10-12-14-17-23-18-16-19-29-21-23/h16,18-19,21,24-28,31-34H,2-5,7,9-15,17,20,22H2,1H3/t24-,25-,26+,27-,28-/m1/s1. The third-order valence-electron chi connectivity index (χ3n) is 6.68. The molecule has 2 rings (SSSR count). The van der Waals surface area contributed by atoms with Gasteiger partial charge >= 0.3 is 0 Å². The van der Waals surface area contributed by atoms with Crippen molar-refractivity contribution in [3.8, 4) is 11.8 Å². The van der Waals surface area contributed by atoms with Gasteiger partial charge in [-0.15, -0.1) is 11.8 Å². The maximum Gasteiger partial charge on any atom is 0.162 e. The van der Waals surface area contributed by atoms with E-state index in [2.05, 4.69) is 22.9 Å². The number of hydrogen-bond acceptors (Lipinski definition) is 8. The van der Waals surface area contributed by atoms with Crippen LogP contribution < -0.4 is 0 Å². The molecule has 8 nitrogen and oxygen atoms in total. The summed E-state index contributed by atoms with van der Waals surface area (Å²) in [6.07, 6.45) is 12.3. The molecule has 1 aliphatic heterocycles. The molecule has 0 aromatic carbocycles. The minimum absolute atomic E-state index is 0.445. The molecule has 8 heteroatoms. The van der Waals surface area contributed by atoms with Crippen LogP contribution in [0.4, 0.5) is 0 Å². The number of aryl methyl sites for hydroxylation is 1. The van der Waals surface area contributed by atoms with Crippen molar-refractivity contribution in [1.82, 2.24) is 10.0 Å². The predicted molar refractivity (Wildman–Crippen MR) is 139 cm³/mol. The van der Waals surface area contributed by atoms with Gasteiger partial charge < -0.3 is 25.2 Å². The van der Waals surface area contributed by atoms with E-state index in [9.17, 15) is 20.4 Å². The molecular formula is C28H46N2O6. The third-order valence-corrected chi connectivity index (χ3v) is 6.68. The molecule has 1 aromatic heterocycles. The molecule has 0 amide bonds. The zero-order valence-electron chi connectivity index (χ0n) is 21.8. The summed E-state index contributed by atoms with van der Waals surface area (Å²) in [5.74, 6) is 6.61. The van der Waals surface area contributed by atoms with Crippen LogP contribution in [0.25, 0.3) is 0 Å². The first-order valence-corrected chi connectivity index (χ1v) is 13.5. The van der Waals surface area contributed by atoms with Crippen molar-refractivity contribution >= 4 is 0 Å². The van der Waals surface area contributed by atoms with Crippen molar-refractivity contribution in [2.24, 2.45) is 0 Å². The number of aliphatic hydroxyl groups excluding tert-OH is 4. The molecular weight excluding hydrogens is 460 g/mol. The fourth-order valence-corrected chi connectivity index (χ4v) is 4.45. The van der Waals surface area contributed by atoms with Crippen molar-refractivity contribution in [1.29, 1.82) is 0 Å². The van der Waals surface area contributed by atoms with Crippen LogP contribution in [0.2, 0.25) is 0 Å². The summed E-state index contributed by atoms with van der Waals surface area (Å²) in [7, 11) is 1.48. The zero-order valence-corrected chi connectivity index (χ0v) is 21.8. The fraction of sp³-hybridized carbons (Fsp3) is 0.750. The van der Waals surface area contributed by atoms with E-state index < -0.39 is 37.3 Å². The fourth-order valence-electron chi connectivity index (χ4n) is 4.45. The van der Waals surface area contributed by atoms with Crippen LogP contribution in [0.1, 0.15) is 82.6 Å². The lowest BCUT2D eigenvalue weighted by atomic mass is 9.98. The van der Waals surface area contributed by atoms with Crippen LogP contribution in [0.3, 0.4) is 0 Å². The van der Waals surface area contributed by atoms with E-state index in [1.54, 1.807) is 0 Å². The van der Waals surface area contributed by atoms with Crippen LogP contribution in [-0.2, 0) is 16.0 Å². The van der Waals surface area contributed by atoms with Gasteiger partial charge in [-0.3, -0.25) is 9.82 Å². The van der Waals surface area contributed by atoms with Crippen LogP contribution in [0.15, 0.2) is 24.5 Å². The van der Waals surface area contributed by atoms with E-state index >= 15 is 0 Å². The van der Waals surface area contributed by atoms with Crippen LogP contribution in [0, 0.1) is 11.8 Å². The molecule has 0 unspecified atom stereocenters. The van der Waals surface area contributed by atoms with Gasteiger partial charge in [-0.05, 0) is 43.7 Å². The second kappa shape index (κ2) is 18.6. The summed E-state index contributed by atoms with van der Waals surface area (Å²) in [6.45, 7) is 0.0837. The molecule has 1 aromatic rings. The molecule has 1 fully saturated rings. The Kier molecular flexibility index (Phi) is 15.9. The SMILES string of the molecule is CON(CCCCCCCCCCC#CCCCCc1cccnc1)[C@@H]1O[C@H](CO)[C@@H](O)[C@H](O)[C@H]1O. The van der Waals surface area contributed by atoms with Gasteiger partial charge in [0.2, 0.25) is 0 Å². The Morgan fingerprint density at radius 3 is 2.14 bits per heavy atom. The summed E-state index contributed by atoms with van der Waals surface area (Å²) in [5.41, 5.74) is 1.30. The molecule has 0 radical (unpaired) electrons. The van der Waals surface area contributed by atoms with Crippen LogP contribution in [0.5, 0.6) is 0 Å². The highest BCUT2D eigenvalue weighted by molar-refractivity contribution is 5.08. The van der Waals surface area contributed by atoms with E-state index in [0.29, 0.717) is 6.54 Å². The van der Waals surface area contributed by atoms with Crippen LogP contribution in [-0.4, -0.2) is 81.4 Å². The topological polar surface area (TPSA) is 116 Å². The van der Waals surface area contributed by atoms with Crippen molar-refractivity contribution in [3.05, 3.63) is 30.1 Å². The summed E-state index contributed by atoms with van der Waals surface area (Å²) in [6, 6.07) is 4.11. The molecule has 1 aliphatic rings. The molecule has 0 saturated carbocycles. The Hall–Kier alpha value is -1.57. The number of rotatable bonds is 17. The molecule has 1 saturated heterocycles. The van der Waals surface area contributed by atoms with Gasteiger partial charge in [0.1, 0.15) is 24.4 Å². The number of aromatic nitrogens is 1. The molecule has 204 valence electrons. The van der Waals surface area contributed by atoms with E-state index in [0.717, 1.165) is 51.4 Å². The lowest BCUT2D eigenvalue weighted by Crippen LogP contribution is -2.63.